The molecule has 0 atom stereocenters. The number of hydrogen-bond donors (Lipinski definition) is 1. The average molecular weight is 230 g/mol. The van der Waals surface area contributed by atoms with Crippen molar-refractivity contribution in [2.45, 2.75) is 6.92 Å². The first-order valence-electron chi connectivity index (χ1n) is 4.91. The van der Waals surface area contributed by atoms with Gasteiger partial charge in [-0.05, 0) is 24.6 Å². The molecule has 0 saturated heterocycles. The van der Waals surface area contributed by atoms with E-state index < -0.39 is 4.92 Å². The van der Waals surface area contributed by atoms with E-state index in [1.807, 2.05) is 6.92 Å². The molecule has 1 N–H and O–H groups in total. The number of hydrogen-bond acceptors (Lipinski definition) is 4. The van der Waals surface area contributed by atoms with Gasteiger partial charge in [-0.1, -0.05) is 6.58 Å². The molecule has 0 saturated carbocycles. The van der Waals surface area contributed by atoms with E-state index in [1.54, 1.807) is 12.1 Å². The summed E-state index contributed by atoms with van der Waals surface area (Å²) < 4.78 is 0. The Morgan fingerprint density at radius 2 is 2.00 bits per heavy atom. The van der Waals surface area contributed by atoms with E-state index in [4.69, 9.17) is 0 Å². The van der Waals surface area contributed by atoms with Crippen LogP contribution in [0.3, 0.4) is 0 Å². The molecular formula is C11H10N4O2. The number of nitrogens with zero attached hydrogens (tertiary/aromatic N) is 3. The third kappa shape index (κ3) is 2.05. The normalized spacial score (nSPS) is 10.2. The van der Waals surface area contributed by atoms with E-state index in [0.29, 0.717) is 11.4 Å². The summed E-state index contributed by atoms with van der Waals surface area (Å²) in [6.45, 7) is 5.62. The third-order valence-corrected chi connectivity index (χ3v) is 2.30. The lowest BCUT2D eigenvalue weighted by molar-refractivity contribution is -0.384. The highest BCUT2D eigenvalue weighted by Gasteiger charge is 2.12. The number of allylic oxidation sites excluding steroid dienone is 1. The number of nitro groups is 1. The molecule has 0 aliphatic rings. The van der Waals surface area contributed by atoms with Crippen molar-refractivity contribution in [3.05, 3.63) is 46.7 Å². The average Bonchev–Trinajstić information content (AvgIpc) is 2.78. The summed E-state index contributed by atoms with van der Waals surface area (Å²) in [4.78, 5) is 10.1. The zero-order valence-corrected chi connectivity index (χ0v) is 9.17. The lowest BCUT2D eigenvalue weighted by Gasteiger charge is -1.99. The number of aromatic nitrogens is 3. The molecule has 0 unspecified atom stereocenters. The van der Waals surface area contributed by atoms with Crippen LogP contribution in [0.25, 0.3) is 16.8 Å². The predicted molar refractivity (Wildman–Crippen MR) is 63.2 cm³/mol. The van der Waals surface area contributed by atoms with Gasteiger partial charge < -0.3 is 0 Å². The van der Waals surface area contributed by atoms with Crippen LogP contribution >= 0.6 is 0 Å². The van der Waals surface area contributed by atoms with Gasteiger partial charge in [0.25, 0.3) is 5.69 Å². The second kappa shape index (κ2) is 4.17. The zero-order valence-electron chi connectivity index (χ0n) is 9.17. The van der Waals surface area contributed by atoms with Crippen LogP contribution in [-0.2, 0) is 0 Å². The quantitative estimate of drug-likeness (QED) is 0.648. The van der Waals surface area contributed by atoms with Gasteiger partial charge in [0.1, 0.15) is 11.4 Å². The van der Waals surface area contributed by atoms with E-state index >= 15 is 0 Å². The molecule has 86 valence electrons. The van der Waals surface area contributed by atoms with E-state index in [9.17, 15) is 10.1 Å². The Balaban J connectivity index is 2.43. The molecule has 17 heavy (non-hydrogen) atoms. The number of non-ortho nitro benzene ring substituents is 1. The van der Waals surface area contributed by atoms with Gasteiger partial charge in [0, 0.05) is 17.7 Å². The SMILES string of the molecule is C=C(C)c1n[nH]nc1-c1ccc([N+](=O)[O-])cc1. The van der Waals surface area contributed by atoms with E-state index in [1.165, 1.54) is 12.1 Å². The monoisotopic (exact) mass is 230 g/mol. The Morgan fingerprint density at radius 1 is 1.35 bits per heavy atom. The van der Waals surface area contributed by atoms with E-state index in [2.05, 4.69) is 22.0 Å². The topological polar surface area (TPSA) is 84.7 Å². The molecule has 0 fully saturated rings. The summed E-state index contributed by atoms with van der Waals surface area (Å²) in [5, 5.41) is 21.0. The highest BCUT2D eigenvalue weighted by atomic mass is 16.6. The minimum Gasteiger partial charge on any atom is -0.258 e. The van der Waals surface area contributed by atoms with Crippen molar-refractivity contribution in [3.8, 4) is 11.3 Å². The van der Waals surface area contributed by atoms with Crippen LogP contribution < -0.4 is 0 Å². The number of benzene rings is 1. The molecule has 2 aromatic rings. The van der Waals surface area contributed by atoms with Crippen LogP contribution in [0.5, 0.6) is 0 Å². The van der Waals surface area contributed by atoms with Crippen molar-refractivity contribution in [1.29, 1.82) is 0 Å². The molecule has 0 aliphatic heterocycles. The van der Waals surface area contributed by atoms with Crippen molar-refractivity contribution in [2.24, 2.45) is 0 Å². The molecule has 1 aromatic heterocycles. The smallest absolute Gasteiger partial charge is 0.258 e. The second-order valence-corrected chi connectivity index (χ2v) is 3.61. The van der Waals surface area contributed by atoms with Crippen molar-refractivity contribution in [1.82, 2.24) is 15.4 Å². The summed E-state index contributed by atoms with van der Waals surface area (Å²) in [5.74, 6) is 0. The minimum absolute atomic E-state index is 0.0501. The van der Waals surface area contributed by atoms with Gasteiger partial charge in [-0.3, -0.25) is 10.1 Å². The number of nitrogens with one attached hydrogen (secondary N) is 1. The summed E-state index contributed by atoms with van der Waals surface area (Å²) in [5.41, 5.74) is 2.91. The first-order valence-corrected chi connectivity index (χ1v) is 4.91. The van der Waals surface area contributed by atoms with E-state index in [0.717, 1.165) is 11.1 Å². The van der Waals surface area contributed by atoms with Crippen molar-refractivity contribution < 1.29 is 4.92 Å². The first-order chi connectivity index (χ1) is 8.09. The summed E-state index contributed by atoms with van der Waals surface area (Å²) in [6.07, 6.45) is 0. The molecule has 6 heteroatoms. The highest BCUT2D eigenvalue weighted by Crippen LogP contribution is 2.25. The van der Waals surface area contributed by atoms with Crippen molar-refractivity contribution in [3.63, 3.8) is 0 Å². The van der Waals surface area contributed by atoms with E-state index in [-0.39, 0.29) is 5.69 Å². The van der Waals surface area contributed by atoms with Gasteiger partial charge in [0.2, 0.25) is 0 Å². The third-order valence-electron chi connectivity index (χ3n) is 2.30. The van der Waals surface area contributed by atoms with Gasteiger partial charge in [-0.15, -0.1) is 0 Å². The second-order valence-electron chi connectivity index (χ2n) is 3.61. The molecular weight excluding hydrogens is 220 g/mol. The Bertz CT molecular complexity index is 571. The minimum atomic E-state index is -0.438. The highest BCUT2D eigenvalue weighted by molar-refractivity contribution is 5.74. The molecule has 0 radical (unpaired) electrons. The summed E-state index contributed by atoms with van der Waals surface area (Å²) in [6, 6.07) is 6.16. The molecule has 1 aromatic carbocycles. The molecule has 0 aliphatic carbocycles. The maximum Gasteiger partial charge on any atom is 0.269 e. The fraction of sp³-hybridized carbons (Fsp3) is 0.0909. The van der Waals surface area contributed by atoms with Crippen LogP contribution in [0.2, 0.25) is 0 Å². The number of aromatic amines is 1. The summed E-state index contributed by atoms with van der Waals surface area (Å²) in [7, 11) is 0. The zero-order chi connectivity index (χ0) is 12.4. The van der Waals surface area contributed by atoms with Crippen LogP contribution in [-0.4, -0.2) is 20.3 Å². The first kappa shape index (κ1) is 11.0. The lowest BCUT2D eigenvalue weighted by Crippen LogP contribution is -1.89. The van der Waals surface area contributed by atoms with Crippen LogP contribution in [0.1, 0.15) is 12.6 Å². The van der Waals surface area contributed by atoms with Crippen molar-refractivity contribution in [2.75, 3.05) is 0 Å². The molecule has 0 spiro atoms. The van der Waals surface area contributed by atoms with Gasteiger partial charge in [0.05, 0.1) is 4.92 Å². The molecule has 0 amide bonds. The fourth-order valence-corrected chi connectivity index (χ4v) is 1.47. The van der Waals surface area contributed by atoms with Gasteiger partial charge in [-0.25, -0.2) is 0 Å². The largest absolute Gasteiger partial charge is 0.269 e. The summed E-state index contributed by atoms with van der Waals surface area (Å²) >= 11 is 0. The Morgan fingerprint density at radius 3 is 2.53 bits per heavy atom. The standard InChI is InChI=1S/C11H10N4O2/c1-7(2)10-11(13-14-12-10)8-3-5-9(6-4-8)15(16)17/h3-6H,1H2,2H3,(H,12,13,14). The lowest BCUT2D eigenvalue weighted by atomic mass is 10.1. The number of rotatable bonds is 3. The molecule has 1 heterocycles. The molecule has 0 bridgehead atoms. The van der Waals surface area contributed by atoms with Gasteiger partial charge >= 0.3 is 0 Å². The maximum atomic E-state index is 10.5. The Kier molecular flexibility index (Phi) is 2.70. The Hall–Kier alpha value is -2.50. The maximum absolute atomic E-state index is 10.5. The van der Waals surface area contributed by atoms with Crippen LogP contribution in [0.15, 0.2) is 30.8 Å². The van der Waals surface area contributed by atoms with Crippen LogP contribution in [0.4, 0.5) is 5.69 Å². The molecule has 6 nitrogen and oxygen atoms in total. The van der Waals surface area contributed by atoms with Gasteiger partial charge in [0.15, 0.2) is 0 Å². The fourth-order valence-electron chi connectivity index (χ4n) is 1.47. The molecule has 2 rings (SSSR count). The Labute approximate surface area is 97.1 Å². The van der Waals surface area contributed by atoms with Crippen LogP contribution in [0, 0.1) is 10.1 Å². The number of H-pyrrole nitrogens is 1. The van der Waals surface area contributed by atoms with Gasteiger partial charge in [-0.2, -0.15) is 15.4 Å². The predicted octanol–water partition coefficient (Wildman–Crippen LogP) is 2.41. The number of nitro benzene ring substituents is 1. The van der Waals surface area contributed by atoms with Crippen molar-refractivity contribution >= 4 is 11.3 Å².